The number of hydrogen-bond donors (Lipinski definition) is 1. The Hall–Kier alpha value is -1.65. The predicted octanol–water partition coefficient (Wildman–Crippen LogP) is 1.71. The van der Waals surface area contributed by atoms with Gasteiger partial charge in [0.15, 0.2) is 0 Å². The molecular weight excluding hydrogens is 359 g/mol. The molecule has 10 heteroatoms. The SMILES string of the molecule is CN(C)S(=O)(=O)N1CCC(NC(=O)c2ccc(C(F)(F)F)cc2)CC1. The fraction of sp³-hybridized carbons (Fsp3) is 0.533. The molecule has 1 aliphatic heterocycles. The molecule has 0 aliphatic carbocycles. The van der Waals surface area contributed by atoms with Gasteiger partial charge in [-0.05, 0) is 37.1 Å². The summed E-state index contributed by atoms with van der Waals surface area (Å²) < 4.78 is 64.1. The summed E-state index contributed by atoms with van der Waals surface area (Å²) in [6, 6.07) is 3.76. The molecule has 1 saturated heterocycles. The highest BCUT2D eigenvalue weighted by Gasteiger charge is 2.31. The molecule has 1 amide bonds. The Balaban J connectivity index is 1.93. The van der Waals surface area contributed by atoms with Crippen LogP contribution < -0.4 is 5.32 Å². The van der Waals surface area contributed by atoms with Crippen molar-refractivity contribution >= 4 is 16.1 Å². The van der Waals surface area contributed by atoms with E-state index in [-0.39, 0.29) is 24.7 Å². The Morgan fingerprint density at radius 2 is 1.68 bits per heavy atom. The fourth-order valence-corrected chi connectivity index (χ4v) is 3.68. The van der Waals surface area contributed by atoms with Gasteiger partial charge in [0, 0.05) is 38.8 Å². The van der Waals surface area contributed by atoms with E-state index >= 15 is 0 Å². The fourth-order valence-electron chi connectivity index (χ4n) is 2.54. The normalized spacial score (nSPS) is 17.7. The number of hydrogen-bond acceptors (Lipinski definition) is 3. The molecule has 1 fully saturated rings. The zero-order valence-electron chi connectivity index (χ0n) is 13.9. The summed E-state index contributed by atoms with van der Waals surface area (Å²) in [6.45, 7) is 0.553. The van der Waals surface area contributed by atoms with E-state index < -0.39 is 27.9 Å². The molecule has 0 aromatic heterocycles. The van der Waals surface area contributed by atoms with Crippen molar-refractivity contribution in [2.24, 2.45) is 0 Å². The maximum absolute atomic E-state index is 12.5. The molecule has 0 radical (unpaired) electrons. The Bertz CT molecular complexity index is 710. The largest absolute Gasteiger partial charge is 0.416 e. The molecule has 1 aliphatic rings. The summed E-state index contributed by atoms with van der Waals surface area (Å²) in [5.74, 6) is -0.470. The molecule has 1 aromatic carbocycles. The third-order valence-corrected chi connectivity index (χ3v) is 5.99. The van der Waals surface area contributed by atoms with Gasteiger partial charge in [-0.1, -0.05) is 0 Å². The Morgan fingerprint density at radius 3 is 2.12 bits per heavy atom. The second kappa shape index (κ2) is 7.30. The topological polar surface area (TPSA) is 69.7 Å². The van der Waals surface area contributed by atoms with Crippen LogP contribution in [0.5, 0.6) is 0 Å². The molecule has 0 atom stereocenters. The highest BCUT2D eigenvalue weighted by molar-refractivity contribution is 7.86. The van der Waals surface area contributed by atoms with Crippen molar-refractivity contribution in [1.82, 2.24) is 13.9 Å². The quantitative estimate of drug-likeness (QED) is 0.866. The number of rotatable bonds is 4. The Morgan fingerprint density at radius 1 is 1.16 bits per heavy atom. The number of piperidine rings is 1. The van der Waals surface area contributed by atoms with Gasteiger partial charge in [-0.25, -0.2) is 0 Å². The van der Waals surface area contributed by atoms with Gasteiger partial charge in [0.05, 0.1) is 5.56 Å². The van der Waals surface area contributed by atoms with Crippen LogP contribution in [0.25, 0.3) is 0 Å². The molecule has 0 bridgehead atoms. The summed E-state index contributed by atoms with van der Waals surface area (Å²) in [6.07, 6.45) is -3.56. The smallest absolute Gasteiger partial charge is 0.349 e. The van der Waals surface area contributed by atoms with E-state index in [1.165, 1.54) is 18.4 Å². The van der Waals surface area contributed by atoms with Crippen molar-refractivity contribution in [3.05, 3.63) is 35.4 Å². The van der Waals surface area contributed by atoms with Crippen molar-refractivity contribution in [2.45, 2.75) is 25.1 Å². The number of carbonyl (C=O) groups is 1. The van der Waals surface area contributed by atoms with Crippen LogP contribution in [0.1, 0.15) is 28.8 Å². The van der Waals surface area contributed by atoms with Crippen LogP contribution in [0.15, 0.2) is 24.3 Å². The van der Waals surface area contributed by atoms with E-state index in [1.54, 1.807) is 0 Å². The van der Waals surface area contributed by atoms with Crippen LogP contribution in [-0.2, 0) is 16.4 Å². The minimum atomic E-state index is -4.44. The summed E-state index contributed by atoms with van der Waals surface area (Å²) in [5, 5.41) is 2.74. The zero-order chi connectivity index (χ0) is 18.8. The molecule has 0 unspecified atom stereocenters. The molecular formula is C15H20F3N3O3S. The second-order valence-electron chi connectivity index (χ2n) is 6.01. The molecule has 6 nitrogen and oxygen atoms in total. The van der Waals surface area contributed by atoms with Gasteiger partial charge >= 0.3 is 6.18 Å². The number of alkyl halides is 3. The first-order chi connectivity index (χ1) is 11.5. The first-order valence-corrected chi connectivity index (χ1v) is 9.07. The van der Waals surface area contributed by atoms with E-state index in [2.05, 4.69) is 5.32 Å². The van der Waals surface area contributed by atoms with Crippen LogP contribution in [0, 0.1) is 0 Å². The summed E-state index contributed by atoms with van der Waals surface area (Å²) in [7, 11) is -0.571. The van der Waals surface area contributed by atoms with Crippen molar-refractivity contribution in [3.63, 3.8) is 0 Å². The first kappa shape index (κ1) is 19.7. The molecule has 25 heavy (non-hydrogen) atoms. The van der Waals surface area contributed by atoms with Gasteiger partial charge in [0.25, 0.3) is 16.1 Å². The Kier molecular flexibility index (Phi) is 5.75. The van der Waals surface area contributed by atoms with E-state index in [0.717, 1.165) is 28.6 Å². The molecule has 2 rings (SSSR count). The number of halogens is 3. The molecule has 0 spiro atoms. The van der Waals surface area contributed by atoms with Gasteiger partial charge in [-0.3, -0.25) is 4.79 Å². The number of carbonyl (C=O) groups excluding carboxylic acids is 1. The number of benzene rings is 1. The minimum absolute atomic E-state index is 0.136. The number of nitrogens with one attached hydrogen (secondary N) is 1. The predicted molar refractivity (Wildman–Crippen MR) is 86.1 cm³/mol. The average molecular weight is 379 g/mol. The minimum Gasteiger partial charge on any atom is -0.349 e. The van der Waals surface area contributed by atoms with Crippen molar-refractivity contribution in [2.75, 3.05) is 27.2 Å². The lowest BCUT2D eigenvalue weighted by Crippen LogP contribution is -2.49. The third kappa shape index (κ3) is 4.71. The summed E-state index contributed by atoms with van der Waals surface area (Å²) >= 11 is 0. The van der Waals surface area contributed by atoms with Gasteiger partial charge < -0.3 is 5.32 Å². The molecule has 140 valence electrons. The van der Waals surface area contributed by atoms with Gasteiger partial charge in [0.2, 0.25) is 0 Å². The van der Waals surface area contributed by atoms with Gasteiger partial charge in [-0.15, -0.1) is 0 Å². The third-order valence-electron chi connectivity index (χ3n) is 4.05. The van der Waals surface area contributed by atoms with Crippen molar-refractivity contribution in [3.8, 4) is 0 Å². The van der Waals surface area contributed by atoms with Crippen LogP contribution in [0.2, 0.25) is 0 Å². The van der Waals surface area contributed by atoms with Crippen molar-refractivity contribution < 1.29 is 26.4 Å². The molecule has 1 N–H and O–H groups in total. The Labute approximate surface area is 144 Å². The summed E-state index contributed by atoms with van der Waals surface area (Å²) in [5.41, 5.74) is -0.678. The average Bonchev–Trinajstić information content (AvgIpc) is 2.54. The van der Waals surface area contributed by atoms with Crippen LogP contribution >= 0.6 is 0 Å². The standard InChI is InChI=1S/C15H20F3N3O3S/c1-20(2)25(23,24)21-9-7-13(8-10-21)19-14(22)11-3-5-12(6-4-11)15(16,17)18/h3-6,13H,7-10H2,1-2H3,(H,19,22). The van der Waals surface area contributed by atoms with E-state index in [0.29, 0.717) is 12.8 Å². The zero-order valence-corrected chi connectivity index (χ0v) is 14.7. The first-order valence-electron chi connectivity index (χ1n) is 7.67. The second-order valence-corrected chi connectivity index (χ2v) is 8.15. The van der Waals surface area contributed by atoms with Gasteiger partial charge in [-0.2, -0.15) is 30.2 Å². The lowest BCUT2D eigenvalue weighted by atomic mass is 10.1. The monoisotopic (exact) mass is 379 g/mol. The van der Waals surface area contributed by atoms with Gasteiger partial charge in [0.1, 0.15) is 0 Å². The summed E-state index contributed by atoms with van der Waals surface area (Å²) in [4.78, 5) is 12.1. The lowest BCUT2D eigenvalue weighted by molar-refractivity contribution is -0.137. The van der Waals surface area contributed by atoms with Crippen LogP contribution in [0.4, 0.5) is 13.2 Å². The van der Waals surface area contributed by atoms with Crippen LogP contribution in [-0.4, -0.2) is 56.2 Å². The van der Waals surface area contributed by atoms with E-state index in [4.69, 9.17) is 0 Å². The maximum Gasteiger partial charge on any atom is 0.416 e. The highest BCUT2D eigenvalue weighted by atomic mass is 32.2. The lowest BCUT2D eigenvalue weighted by Gasteiger charge is -2.33. The van der Waals surface area contributed by atoms with E-state index in [1.807, 2.05) is 0 Å². The van der Waals surface area contributed by atoms with Crippen molar-refractivity contribution in [1.29, 1.82) is 0 Å². The molecule has 1 heterocycles. The highest BCUT2D eigenvalue weighted by Crippen LogP contribution is 2.29. The molecule has 1 aromatic rings. The number of nitrogens with zero attached hydrogens (tertiary/aromatic N) is 2. The molecule has 0 saturated carbocycles. The number of amides is 1. The maximum atomic E-state index is 12.5. The van der Waals surface area contributed by atoms with Crippen LogP contribution in [0.3, 0.4) is 0 Å². The van der Waals surface area contributed by atoms with E-state index in [9.17, 15) is 26.4 Å².